The molecule has 0 saturated carbocycles. The van der Waals surface area contributed by atoms with Crippen molar-refractivity contribution in [1.82, 2.24) is 4.57 Å². The SMILES string of the molecule is COc1cc(/C=C\c2ccc3c(ccn3C)c2)cc(CO)c1. The van der Waals surface area contributed by atoms with Gasteiger partial charge in [0.1, 0.15) is 5.75 Å². The van der Waals surface area contributed by atoms with Gasteiger partial charge in [-0.2, -0.15) is 0 Å². The van der Waals surface area contributed by atoms with Crippen molar-refractivity contribution in [2.45, 2.75) is 6.61 Å². The quantitative estimate of drug-likeness (QED) is 0.741. The van der Waals surface area contributed by atoms with Crippen LogP contribution in [0.1, 0.15) is 16.7 Å². The molecule has 0 fully saturated rings. The number of fused-ring (bicyclic) bond motifs is 1. The Kier molecular flexibility index (Phi) is 3.98. The number of aromatic nitrogens is 1. The number of aliphatic hydroxyl groups excluding tert-OH is 1. The molecule has 0 aliphatic heterocycles. The molecule has 0 saturated heterocycles. The van der Waals surface area contributed by atoms with Crippen LogP contribution in [-0.4, -0.2) is 16.8 Å². The van der Waals surface area contributed by atoms with Crippen LogP contribution >= 0.6 is 0 Å². The lowest BCUT2D eigenvalue weighted by Crippen LogP contribution is -1.89. The van der Waals surface area contributed by atoms with Crippen molar-refractivity contribution < 1.29 is 9.84 Å². The van der Waals surface area contributed by atoms with E-state index in [9.17, 15) is 5.11 Å². The van der Waals surface area contributed by atoms with Crippen LogP contribution in [0.15, 0.2) is 48.7 Å². The van der Waals surface area contributed by atoms with E-state index in [2.05, 4.69) is 41.1 Å². The fourth-order valence-corrected chi connectivity index (χ4v) is 2.59. The lowest BCUT2D eigenvalue weighted by Gasteiger charge is -2.05. The summed E-state index contributed by atoms with van der Waals surface area (Å²) in [6.07, 6.45) is 6.17. The Morgan fingerprint density at radius 3 is 2.64 bits per heavy atom. The monoisotopic (exact) mass is 293 g/mol. The zero-order valence-corrected chi connectivity index (χ0v) is 12.8. The molecule has 2 aromatic carbocycles. The topological polar surface area (TPSA) is 34.4 Å². The predicted octanol–water partition coefficient (Wildman–Crippen LogP) is 3.85. The van der Waals surface area contributed by atoms with E-state index in [1.807, 2.05) is 31.3 Å². The van der Waals surface area contributed by atoms with E-state index < -0.39 is 0 Å². The molecule has 0 radical (unpaired) electrons. The van der Waals surface area contributed by atoms with E-state index in [0.29, 0.717) is 0 Å². The van der Waals surface area contributed by atoms with Gasteiger partial charge in [-0.15, -0.1) is 0 Å². The first-order valence-electron chi connectivity index (χ1n) is 7.21. The summed E-state index contributed by atoms with van der Waals surface area (Å²) in [5, 5.41) is 10.5. The van der Waals surface area contributed by atoms with Gasteiger partial charge in [-0.3, -0.25) is 0 Å². The predicted molar refractivity (Wildman–Crippen MR) is 90.8 cm³/mol. The third-order valence-electron chi connectivity index (χ3n) is 3.78. The lowest BCUT2D eigenvalue weighted by atomic mass is 10.1. The van der Waals surface area contributed by atoms with Crippen LogP contribution < -0.4 is 4.74 Å². The van der Waals surface area contributed by atoms with Crippen molar-refractivity contribution in [3.8, 4) is 5.75 Å². The Hall–Kier alpha value is -2.52. The van der Waals surface area contributed by atoms with E-state index in [-0.39, 0.29) is 6.61 Å². The average molecular weight is 293 g/mol. The number of hydrogen-bond donors (Lipinski definition) is 1. The molecule has 0 atom stereocenters. The molecule has 1 heterocycles. The summed E-state index contributed by atoms with van der Waals surface area (Å²) in [6, 6.07) is 14.3. The number of rotatable bonds is 4. The van der Waals surface area contributed by atoms with Gasteiger partial charge in [-0.05, 0) is 53.1 Å². The Labute approximate surface area is 130 Å². The molecule has 3 aromatic rings. The van der Waals surface area contributed by atoms with Crippen LogP contribution in [0.3, 0.4) is 0 Å². The zero-order chi connectivity index (χ0) is 15.5. The van der Waals surface area contributed by atoms with Crippen molar-refractivity contribution in [1.29, 1.82) is 0 Å². The third-order valence-corrected chi connectivity index (χ3v) is 3.78. The molecule has 0 bridgehead atoms. The normalized spacial score (nSPS) is 11.4. The first kappa shape index (κ1) is 14.4. The van der Waals surface area contributed by atoms with Crippen LogP contribution in [0, 0.1) is 0 Å². The maximum absolute atomic E-state index is 9.31. The highest BCUT2D eigenvalue weighted by Crippen LogP contribution is 2.21. The van der Waals surface area contributed by atoms with Crippen molar-refractivity contribution in [2.75, 3.05) is 7.11 Å². The van der Waals surface area contributed by atoms with E-state index in [4.69, 9.17) is 4.74 Å². The summed E-state index contributed by atoms with van der Waals surface area (Å²) in [5.74, 6) is 0.754. The molecule has 112 valence electrons. The number of methoxy groups -OCH3 is 1. The van der Waals surface area contributed by atoms with Gasteiger partial charge >= 0.3 is 0 Å². The summed E-state index contributed by atoms with van der Waals surface area (Å²) >= 11 is 0. The molecule has 22 heavy (non-hydrogen) atoms. The number of ether oxygens (including phenoxy) is 1. The molecular weight excluding hydrogens is 274 g/mol. The van der Waals surface area contributed by atoms with Crippen LogP contribution in [0.2, 0.25) is 0 Å². The van der Waals surface area contributed by atoms with Gasteiger partial charge in [-0.1, -0.05) is 18.2 Å². The van der Waals surface area contributed by atoms with E-state index >= 15 is 0 Å². The maximum Gasteiger partial charge on any atom is 0.119 e. The van der Waals surface area contributed by atoms with E-state index in [1.165, 1.54) is 10.9 Å². The number of benzene rings is 2. The highest BCUT2D eigenvalue weighted by atomic mass is 16.5. The van der Waals surface area contributed by atoms with E-state index in [0.717, 1.165) is 22.4 Å². The van der Waals surface area contributed by atoms with E-state index in [1.54, 1.807) is 7.11 Å². The summed E-state index contributed by atoms with van der Waals surface area (Å²) in [6.45, 7) is 0.00795. The molecule has 3 nitrogen and oxygen atoms in total. The van der Waals surface area contributed by atoms with Crippen LogP contribution in [0.4, 0.5) is 0 Å². The highest BCUT2D eigenvalue weighted by Gasteiger charge is 2.00. The second-order valence-electron chi connectivity index (χ2n) is 5.35. The van der Waals surface area contributed by atoms with Crippen LogP contribution in [0.5, 0.6) is 5.75 Å². The highest BCUT2D eigenvalue weighted by molar-refractivity contribution is 5.84. The second-order valence-corrected chi connectivity index (χ2v) is 5.35. The Bertz CT molecular complexity index is 808. The van der Waals surface area contributed by atoms with Crippen molar-refractivity contribution in [3.63, 3.8) is 0 Å². The molecule has 1 aromatic heterocycles. The molecule has 0 aliphatic carbocycles. The van der Waals surface area contributed by atoms with Gasteiger partial charge < -0.3 is 14.4 Å². The number of nitrogens with zero attached hydrogens (tertiary/aromatic N) is 1. The number of aryl methyl sites for hydroxylation is 1. The molecule has 0 amide bonds. The van der Waals surface area contributed by atoms with Crippen molar-refractivity contribution >= 4 is 23.1 Å². The zero-order valence-electron chi connectivity index (χ0n) is 12.8. The van der Waals surface area contributed by atoms with Gasteiger partial charge in [0.25, 0.3) is 0 Å². The number of hydrogen-bond acceptors (Lipinski definition) is 2. The second kappa shape index (κ2) is 6.08. The fourth-order valence-electron chi connectivity index (χ4n) is 2.59. The molecule has 0 aliphatic rings. The Morgan fingerprint density at radius 1 is 1.05 bits per heavy atom. The fraction of sp³-hybridized carbons (Fsp3) is 0.158. The maximum atomic E-state index is 9.31. The largest absolute Gasteiger partial charge is 0.497 e. The minimum atomic E-state index is 0.00795. The van der Waals surface area contributed by atoms with Gasteiger partial charge in [0, 0.05) is 24.1 Å². The summed E-state index contributed by atoms with van der Waals surface area (Å²) in [5.41, 5.74) is 4.22. The molecule has 3 rings (SSSR count). The van der Waals surface area contributed by atoms with Gasteiger partial charge in [0.15, 0.2) is 0 Å². The molecule has 1 N–H and O–H groups in total. The molecule has 0 unspecified atom stereocenters. The van der Waals surface area contributed by atoms with Gasteiger partial charge in [0.2, 0.25) is 0 Å². The average Bonchev–Trinajstić information content (AvgIpc) is 2.93. The Balaban J connectivity index is 1.91. The van der Waals surface area contributed by atoms with Gasteiger partial charge in [0.05, 0.1) is 13.7 Å². The lowest BCUT2D eigenvalue weighted by molar-refractivity contribution is 0.281. The summed E-state index contributed by atoms with van der Waals surface area (Å²) < 4.78 is 7.37. The van der Waals surface area contributed by atoms with Crippen molar-refractivity contribution in [3.05, 3.63) is 65.4 Å². The number of aliphatic hydroxyl groups is 1. The summed E-state index contributed by atoms with van der Waals surface area (Å²) in [4.78, 5) is 0. The first-order valence-corrected chi connectivity index (χ1v) is 7.21. The van der Waals surface area contributed by atoms with Crippen LogP contribution in [-0.2, 0) is 13.7 Å². The minimum Gasteiger partial charge on any atom is -0.497 e. The summed E-state index contributed by atoms with van der Waals surface area (Å²) in [7, 11) is 3.68. The Morgan fingerprint density at radius 2 is 1.86 bits per heavy atom. The molecule has 3 heteroatoms. The molecular formula is C19H19NO2. The van der Waals surface area contributed by atoms with Crippen LogP contribution in [0.25, 0.3) is 23.1 Å². The molecule has 0 spiro atoms. The minimum absolute atomic E-state index is 0.00795. The van der Waals surface area contributed by atoms with Crippen molar-refractivity contribution in [2.24, 2.45) is 7.05 Å². The smallest absolute Gasteiger partial charge is 0.119 e. The standard InChI is InChI=1S/C19H19NO2/c1-20-8-7-17-10-14(5-6-19(17)20)3-4-15-9-16(13-21)12-18(11-15)22-2/h3-12,21H,13H2,1-2H3/b4-3-. The van der Waals surface area contributed by atoms with Gasteiger partial charge in [-0.25, -0.2) is 0 Å². The third kappa shape index (κ3) is 2.90. The first-order chi connectivity index (χ1) is 10.7.